The number of unbranched alkanes of at least 4 members (excludes halogenated alkanes) is 1. The molecule has 0 N–H and O–H groups in total. The van der Waals surface area contributed by atoms with Gasteiger partial charge in [0.05, 0.1) is 13.2 Å². The van der Waals surface area contributed by atoms with Crippen LogP contribution in [-0.4, -0.2) is 25.1 Å². The van der Waals surface area contributed by atoms with Crippen molar-refractivity contribution in [1.29, 1.82) is 5.26 Å². The summed E-state index contributed by atoms with van der Waals surface area (Å²) >= 11 is 0. The van der Waals surface area contributed by atoms with E-state index < -0.39 is 0 Å². The van der Waals surface area contributed by atoms with E-state index in [-0.39, 0.29) is 6.04 Å². The van der Waals surface area contributed by atoms with Crippen molar-refractivity contribution in [1.82, 2.24) is 4.90 Å². The van der Waals surface area contributed by atoms with Gasteiger partial charge in [-0.05, 0) is 25.6 Å². The zero-order chi connectivity index (χ0) is 13.4. The molecule has 1 atom stereocenters. The molecule has 0 aliphatic carbocycles. The number of ether oxygens (including phenoxy) is 1. The average molecular weight is 246 g/mol. The highest BCUT2D eigenvalue weighted by Crippen LogP contribution is 2.28. The van der Waals surface area contributed by atoms with Gasteiger partial charge in [0.1, 0.15) is 11.8 Å². The lowest BCUT2D eigenvalue weighted by Crippen LogP contribution is -2.29. The Bertz CT molecular complexity index is 398. The molecule has 0 spiro atoms. The molecule has 0 bridgehead atoms. The van der Waals surface area contributed by atoms with Gasteiger partial charge < -0.3 is 4.74 Å². The van der Waals surface area contributed by atoms with Gasteiger partial charge in [0.25, 0.3) is 0 Å². The van der Waals surface area contributed by atoms with E-state index >= 15 is 0 Å². The zero-order valence-corrected chi connectivity index (χ0v) is 11.5. The zero-order valence-electron chi connectivity index (χ0n) is 11.5. The minimum absolute atomic E-state index is 0.224. The SMILES string of the molecule is CCCCN(CC)C(C#N)c1ccccc1OC. The number of rotatable bonds is 7. The van der Waals surface area contributed by atoms with E-state index in [0.717, 1.165) is 37.2 Å². The normalized spacial score (nSPS) is 12.2. The summed E-state index contributed by atoms with van der Waals surface area (Å²) in [6.45, 7) is 6.08. The number of para-hydroxylation sites is 1. The summed E-state index contributed by atoms with van der Waals surface area (Å²) in [5.74, 6) is 0.791. The molecule has 1 aromatic carbocycles. The second-order valence-electron chi connectivity index (χ2n) is 4.26. The monoisotopic (exact) mass is 246 g/mol. The van der Waals surface area contributed by atoms with Gasteiger partial charge in [-0.3, -0.25) is 4.90 Å². The van der Waals surface area contributed by atoms with Crippen molar-refractivity contribution in [3.63, 3.8) is 0 Å². The van der Waals surface area contributed by atoms with Gasteiger partial charge in [-0.25, -0.2) is 0 Å². The van der Waals surface area contributed by atoms with Crippen molar-refractivity contribution in [2.45, 2.75) is 32.7 Å². The Hall–Kier alpha value is -1.53. The fraction of sp³-hybridized carbons (Fsp3) is 0.533. The van der Waals surface area contributed by atoms with Crippen molar-refractivity contribution in [3.05, 3.63) is 29.8 Å². The fourth-order valence-corrected chi connectivity index (χ4v) is 2.07. The van der Waals surface area contributed by atoms with Crippen molar-refractivity contribution < 1.29 is 4.74 Å². The Kier molecular flexibility index (Phi) is 6.24. The topological polar surface area (TPSA) is 36.3 Å². The molecule has 3 nitrogen and oxygen atoms in total. The van der Waals surface area contributed by atoms with Gasteiger partial charge in [-0.2, -0.15) is 5.26 Å². The van der Waals surface area contributed by atoms with E-state index in [4.69, 9.17) is 4.74 Å². The Morgan fingerprint density at radius 1 is 1.33 bits per heavy atom. The number of nitrogens with zero attached hydrogens (tertiary/aromatic N) is 2. The van der Waals surface area contributed by atoms with Crippen LogP contribution in [0.25, 0.3) is 0 Å². The third kappa shape index (κ3) is 3.48. The molecule has 1 aromatic rings. The molecule has 0 fully saturated rings. The first-order valence-electron chi connectivity index (χ1n) is 6.55. The summed E-state index contributed by atoms with van der Waals surface area (Å²) in [6, 6.07) is 9.94. The van der Waals surface area contributed by atoms with E-state index in [1.165, 1.54) is 0 Å². The van der Waals surface area contributed by atoms with Crippen molar-refractivity contribution in [2.24, 2.45) is 0 Å². The maximum absolute atomic E-state index is 9.45. The van der Waals surface area contributed by atoms with Crippen LogP contribution in [0.3, 0.4) is 0 Å². The predicted molar refractivity (Wildman–Crippen MR) is 73.5 cm³/mol. The standard InChI is InChI=1S/C15H22N2O/c1-4-6-11-17(5-2)14(12-16)13-9-7-8-10-15(13)18-3/h7-10,14H,4-6,11H2,1-3H3. The van der Waals surface area contributed by atoms with Gasteiger partial charge in [0.2, 0.25) is 0 Å². The summed E-state index contributed by atoms with van der Waals surface area (Å²) in [4.78, 5) is 2.20. The highest BCUT2D eigenvalue weighted by atomic mass is 16.5. The highest BCUT2D eigenvalue weighted by Gasteiger charge is 2.21. The molecule has 3 heteroatoms. The predicted octanol–water partition coefficient (Wildman–Crippen LogP) is 3.38. The first-order valence-corrected chi connectivity index (χ1v) is 6.55. The summed E-state index contributed by atoms with van der Waals surface area (Å²) in [6.07, 6.45) is 2.25. The van der Waals surface area contributed by atoms with Crippen LogP contribution >= 0.6 is 0 Å². The molecule has 0 aliphatic rings. The first-order chi connectivity index (χ1) is 8.78. The van der Waals surface area contributed by atoms with E-state index in [1.54, 1.807) is 7.11 Å². The highest BCUT2D eigenvalue weighted by molar-refractivity contribution is 5.38. The van der Waals surface area contributed by atoms with Crippen LogP contribution in [0.4, 0.5) is 0 Å². The van der Waals surface area contributed by atoms with E-state index in [0.29, 0.717) is 0 Å². The van der Waals surface area contributed by atoms with Crippen LogP contribution in [0.2, 0.25) is 0 Å². The summed E-state index contributed by atoms with van der Waals surface area (Å²) < 4.78 is 5.35. The molecule has 0 radical (unpaired) electrons. The fourth-order valence-electron chi connectivity index (χ4n) is 2.07. The summed E-state index contributed by atoms with van der Waals surface area (Å²) in [7, 11) is 1.65. The second-order valence-corrected chi connectivity index (χ2v) is 4.26. The van der Waals surface area contributed by atoms with Gasteiger partial charge in [-0.1, -0.05) is 38.5 Å². The minimum atomic E-state index is -0.224. The molecule has 0 aliphatic heterocycles. The Morgan fingerprint density at radius 2 is 2.06 bits per heavy atom. The third-order valence-corrected chi connectivity index (χ3v) is 3.13. The molecule has 98 valence electrons. The van der Waals surface area contributed by atoms with Crippen molar-refractivity contribution in [3.8, 4) is 11.8 Å². The summed E-state index contributed by atoms with van der Waals surface area (Å²) in [5, 5.41) is 9.45. The molecular weight excluding hydrogens is 224 g/mol. The van der Waals surface area contributed by atoms with Crippen molar-refractivity contribution >= 4 is 0 Å². The molecule has 1 unspecified atom stereocenters. The maximum Gasteiger partial charge on any atom is 0.127 e. The Balaban J connectivity index is 2.97. The molecule has 0 saturated carbocycles. The largest absolute Gasteiger partial charge is 0.496 e. The van der Waals surface area contributed by atoms with E-state index in [1.807, 2.05) is 24.3 Å². The van der Waals surface area contributed by atoms with Crippen molar-refractivity contribution in [2.75, 3.05) is 20.2 Å². The smallest absolute Gasteiger partial charge is 0.127 e. The quantitative estimate of drug-likeness (QED) is 0.740. The molecular formula is C15H22N2O. The van der Waals surface area contributed by atoms with Crippen LogP contribution < -0.4 is 4.74 Å². The molecule has 18 heavy (non-hydrogen) atoms. The average Bonchev–Trinajstić information content (AvgIpc) is 2.43. The lowest BCUT2D eigenvalue weighted by molar-refractivity contribution is 0.240. The van der Waals surface area contributed by atoms with Gasteiger partial charge in [0.15, 0.2) is 0 Å². The Morgan fingerprint density at radius 3 is 2.61 bits per heavy atom. The van der Waals surface area contributed by atoms with E-state index in [2.05, 4.69) is 24.8 Å². The van der Waals surface area contributed by atoms with Crippen LogP contribution in [0.15, 0.2) is 24.3 Å². The number of benzene rings is 1. The van der Waals surface area contributed by atoms with Gasteiger partial charge in [-0.15, -0.1) is 0 Å². The number of methoxy groups -OCH3 is 1. The lowest BCUT2D eigenvalue weighted by atomic mass is 10.0. The molecule has 0 aromatic heterocycles. The number of hydrogen-bond acceptors (Lipinski definition) is 3. The van der Waals surface area contributed by atoms with Crippen LogP contribution in [0, 0.1) is 11.3 Å². The van der Waals surface area contributed by atoms with Gasteiger partial charge in [0, 0.05) is 5.56 Å². The minimum Gasteiger partial charge on any atom is -0.496 e. The van der Waals surface area contributed by atoms with Gasteiger partial charge >= 0.3 is 0 Å². The third-order valence-electron chi connectivity index (χ3n) is 3.13. The van der Waals surface area contributed by atoms with E-state index in [9.17, 15) is 5.26 Å². The van der Waals surface area contributed by atoms with Crippen LogP contribution in [0.1, 0.15) is 38.3 Å². The molecule has 0 saturated heterocycles. The summed E-state index contributed by atoms with van der Waals surface area (Å²) in [5.41, 5.74) is 0.959. The maximum atomic E-state index is 9.45. The second kappa shape index (κ2) is 7.73. The molecule has 0 heterocycles. The lowest BCUT2D eigenvalue weighted by Gasteiger charge is -2.26. The molecule has 1 rings (SSSR count). The molecule has 0 amide bonds. The number of hydrogen-bond donors (Lipinski definition) is 0. The first kappa shape index (κ1) is 14.5. The van der Waals surface area contributed by atoms with Crippen LogP contribution in [-0.2, 0) is 0 Å². The number of nitriles is 1. The van der Waals surface area contributed by atoms with Crippen LogP contribution in [0.5, 0.6) is 5.75 Å². The Labute approximate surface area is 110 Å².